The van der Waals surface area contributed by atoms with E-state index in [0.717, 1.165) is 28.9 Å². The molecule has 2 aromatic carbocycles. The number of rotatable bonds is 4. The minimum Gasteiger partial charge on any atom is -0.339 e. The molecular formula is C33H27ClF6N8O4. The molecule has 4 aromatic rings. The second-order valence-electron chi connectivity index (χ2n) is 11.4. The number of nitrogens with one attached hydrogen (secondary N) is 4. The van der Waals surface area contributed by atoms with Gasteiger partial charge in [-0.2, -0.15) is 31.3 Å². The maximum Gasteiger partial charge on any atom is 0.458 e. The lowest BCUT2D eigenvalue weighted by molar-refractivity contribution is -0.193. The second kappa shape index (κ2) is 15.6. The zero-order chi connectivity index (χ0) is 37.6. The molecule has 272 valence electrons. The summed E-state index contributed by atoms with van der Waals surface area (Å²) in [5.41, 5.74) is 4.88. The maximum atomic E-state index is 13.0. The van der Waals surface area contributed by atoms with Crippen LogP contribution in [0.1, 0.15) is 28.0 Å². The topological polar surface area (TPSA) is 158 Å². The number of aryl methyl sites for hydroxylation is 2. The SMILES string of the molecule is O=C(C(=O)C(F)(F)F)C(F)(F)F.O=C(Nc1ccc2cc1CCc1cccc(c1)Nc1ncc(Cl)c(n1)N2)N[C@H]1CCN(C(=O)c2ccccn2)C1. The van der Waals surface area contributed by atoms with Crippen molar-refractivity contribution < 1.29 is 45.5 Å². The van der Waals surface area contributed by atoms with Gasteiger partial charge in [0.25, 0.3) is 5.91 Å². The molecule has 2 aliphatic rings. The fourth-order valence-corrected chi connectivity index (χ4v) is 5.32. The van der Waals surface area contributed by atoms with Gasteiger partial charge in [0.15, 0.2) is 5.82 Å². The van der Waals surface area contributed by atoms with Gasteiger partial charge in [-0.15, -0.1) is 0 Å². The van der Waals surface area contributed by atoms with E-state index >= 15 is 0 Å². The van der Waals surface area contributed by atoms with Crippen molar-refractivity contribution in [2.24, 2.45) is 0 Å². The van der Waals surface area contributed by atoms with E-state index in [2.05, 4.69) is 48.4 Å². The Balaban J connectivity index is 0.000000376. The third-order valence-electron chi connectivity index (χ3n) is 7.64. The number of benzene rings is 2. The van der Waals surface area contributed by atoms with Crippen molar-refractivity contribution in [1.29, 1.82) is 0 Å². The van der Waals surface area contributed by atoms with Crippen LogP contribution in [0.4, 0.5) is 60.0 Å². The van der Waals surface area contributed by atoms with Crippen molar-refractivity contribution in [2.75, 3.05) is 29.0 Å². The Hall–Kier alpha value is -5.78. The highest BCUT2D eigenvalue weighted by Crippen LogP contribution is 2.30. The Labute approximate surface area is 296 Å². The molecular weight excluding hydrogens is 722 g/mol. The number of pyridine rings is 1. The van der Waals surface area contributed by atoms with Crippen molar-refractivity contribution in [3.8, 4) is 0 Å². The van der Waals surface area contributed by atoms with Gasteiger partial charge >= 0.3 is 30.0 Å². The summed E-state index contributed by atoms with van der Waals surface area (Å²) in [6, 6.07) is 18.6. The number of amides is 3. The normalized spacial score (nSPS) is 15.2. The zero-order valence-corrected chi connectivity index (χ0v) is 27.4. The number of nitrogens with zero attached hydrogens (tertiary/aromatic N) is 4. The fourth-order valence-electron chi connectivity index (χ4n) is 5.18. The average molecular weight is 749 g/mol. The number of alkyl halides is 6. The van der Waals surface area contributed by atoms with Crippen LogP contribution < -0.4 is 21.3 Å². The number of likely N-dealkylation sites (tertiary alicyclic amines) is 1. The van der Waals surface area contributed by atoms with Gasteiger partial charge in [0.2, 0.25) is 5.95 Å². The van der Waals surface area contributed by atoms with Crippen LogP contribution in [-0.2, 0) is 22.4 Å². The third kappa shape index (κ3) is 9.71. The number of halogens is 7. The summed E-state index contributed by atoms with van der Waals surface area (Å²) in [7, 11) is 0. The molecule has 1 atom stereocenters. The molecule has 0 unspecified atom stereocenters. The highest BCUT2D eigenvalue weighted by molar-refractivity contribution is 6.41. The largest absolute Gasteiger partial charge is 0.458 e. The third-order valence-corrected chi connectivity index (χ3v) is 7.92. The molecule has 12 nitrogen and oxygen atoms in total. The van der Waals surface area contributed by atoms with Gasteiger partial charge in [0.05, 0.1) is 6.20 Å². The molecule has 19 heteroatoms. The number of hydrogen-bond donors (Lipinski definition) is 4. The number of aromatic nitrogens is 3. The smallest absolute Gasteiger partial charge is 0.339 e. The van der Waals surface area contributed by atoms with Gasteiger partial charge in [0, 0.05) is 42.4 Å². The van der Waals surface area contributed by atoms with Gasteiger partial charge in [-0.1, -0.05) is 29.8 Å². The number of hydrogen-bond acceptors (Lipinski definition) is 9. The summed E-state index contributed by atoms with van der Waals surface area (Å²) in [5.74, 6) is -6.03. The van der Waals surface area contributed by atoms with Crippen molar-refractivity contribution in [1.82, 2.24) is 25.2 Å². The molecule has 0 radical (unpaired) electrons. The Morgan fingerprint density at radius 2 is 1.58 bits per heavy atom. The van der Waals surface area contributed by atoms with E-state index in [0.29, 0.717) is 54.1 Å². The van der Waals surface area contributed by atoms with E-state index in [-0.39, 0.29) is 18.0 Å². The lowest BCUT2D eigenvalue weighted by Crippen LogP contribution is -2.40. The van der Waals surface area contributed by atoms with Crippen molar-refractivity contribution in [3.05, 3.63) is 94.9 Å². The van der Waals surface area contributed by atoms with Gasteiger partial charge in [-0.3, -0.25) is 19.4 Å². The number of carbonyl (C=O) groups excluding carboxylic acids is 4. The molecule has 2 aromatic heterocycles. The van der Waals surface area contributed by atoms with Crippen LogP contribution in [0.15, 0.2) is 73.1 Å². The molecule has 0 spiro atoms. The zero-order valence-electron chi connectivity index (χ0n) is 26.6. The quantitative estimate of drug-likeness (QED) is 0.137. The molecule has 6 bridgehead atoms. The average Bonchev–Trinajstić information content (AvgIpc) is 3.56. The van der Waals surface area contributed by atoms with Crippen LogP contribution in [0, 0.1) is 0 Å². The van der Waals surface area contributed by atoms with E-state index in [1.54, 1.807) is 35.5 Å². The van der Waals surface area contributed by atoms with Gasteiger partial charge in [-0.25, -0.2) is 9.78 Å². The van der Waals surface area contributed by atoms with Crippen LogP contribution in [-0.4, -0.2) is 74.8 Å². The summed E-state index contributed by atoms with van der Waals surface area (Å²) >= 11 is 6.37. The first-order valence-corrected chi connectivity index (χ1v) is 15.7. The summed E-state index contributed by atoms with van der Waals surface area (Å²) in [6.07, 6.45) is -6.25. The number of Topliss-reactive ketones (excluding diaryl/α,β-unsaturated/α-hetero) is 2. The summed E-state index contributed by atoms with van der Waals surface area (Å²) < 4.78 is 67.0. The fraction of sp³-hybridized carbons (Fsp3) is 0.242. The molecule has 0 saturated carbocycles. The van der Waals surface area contributed by atoms with E-state index < -0.39 is 23.9 Å². The highest BCUT2D eigenvalue weighted by atomic mass is 35.5. The number of ketones is 2. The van der Waals surface area contributed by atoms with Crippen LogP contribution in [0.25, 0.3) is 0 Å². The standard InChI is InChI=1S/C29H27ClN8O2.C4F6O2/c30-23-16-32-28-34-20-5-3-4-18(14-20)7-8-19-15-21(33-26(23)37-28)9-10-24(19)36-29(40)35-22-11-13-38(17-22)27(39)25-6-1-2-12-31-25;5-3(6,7)1(11)2(12)4(8,9)10/h1-6,9-10,12,14-16,22H,7-8,11,13,17H2,(H2,35,36,40)(H2,32,33,34,37);/t22-;/m0./s1. The minimum absolute atomic E-state index is 0.130. The molecule has 52 heavy (non-hydrogen) atoms. The highest BCUT2D eigenvalue weighted by Gasteiger charge is 2.54. The van der Waals surface area contributed by atoms with Crippen molar-refractivity contribution in [3.63, 3.8) is 0 Å². The van der Waals surface area contributed by atoms with Gasteiger partial charge in [-0.05, 0) is 72.9 Å². The molecule has 4 heterocycles. The van der Waals surface area contributed by atoms with Crippen molar-refractivity contribution >= 4 is 63.9 Å². The molecule has 1 saturated heterocycles. The lowest BCUT2D eigenvalue weighted by Gasteiger charge is -2.18. The predicted octanol–water partition coefficient (Wildman–Crippen LogP) is 6.40. The minimum atomic E-state index is -5.77. The molecule has 0 aliphatic carbocycles. The molecule has 6 rings (SSSR count). The number of fused-ring (bicyclic) bond motifs is 6. The van der Waals surface area contributed by atoms with Gasteiger partial charge < -0.3 is 26.2 Å². The van der Waals surface area contributed by atoms with E-state index in [1.807, 2.05) is 30.3 Å². The Bertz CT molecular complexity index is 1960. The van der Waals surface area contributed by atoms with E-state index in [9.17, 15) is 45.5 Å². The summed E-state index contributed by atoms with van der Waals surface area (Å²) in [6.45, 7) is 0.998. The van der Waals surface area contributed by atoms with E-state index in [1.165, 1.54) is 0 Å². The van der Waals surface area contributed by atoms with Crippen LogP contribution >= 0.6 is 11.6 Å². The molecule has 1 fully saturated rings. The monoisotopic (exact) mass is 748 g/mol. The van der Waals surface area contributed by atoms with Gasteiger partial charge in [0.1, 0.15) is 10.7 Å². The maximum absolute atomic E-state index is 13.0. The lowest BCUT2D eigenvalue weighted by atomic mass is 10.0. The van der Waals surface area contributed by atoms with Crippen LogP contribution in [0.5, 0.6) is 0 Å². The Morgan fingerprint density at radius 3 is 2.27 bits per heavy atom. The summed E-state index contributed by atoms with van der Waals surface area (Å²) in [5, 5.41) is 12.9. The number of carbonyl (C=O) groups is 4. The van der Waals surface area contributed by atoms with Crippen LogP contribution in [0.3, 0.4) is 0 Å². The second-order valence-corrected chi connectivity index (χ2v) is 11.8. The first-order chi connectivity index (χ1) is 24.6. The molecule has 3 amide bonds. The first-order valence-electron chi connectivity index (χ1n) is 15.4. The Kier molecular flexibility index (Phi) is 11.3. The summed E-state index contributed by atoms with van der Waals surface area (Å²) in [4.78, 5) is 59.7. The predicted molar refractivity (Wildman–Crippen MR) is 177 cm³/mol. The molecule has 2 aliphatic heterocycles. The van der Waals surface area contributed by atoms with Crippen LogP contribution in [0.2, 0.25) is 5.02 Å². The van der Waals surface area contributed by atoms with Crippen molar-refractivity contribution in [2.45, 2.75) is 37.7 Å². The van der Waals surface area contributed by atoms with E-state index in [4.69, 9.17) is 11.6 Å². The number of anilines is 5. The number of urea groups is 1. The first kappa shape index (κ1) is 37.5. The Morgan fingerprint density at radius 1 is 0.846 bits per heavy atom. The molecule has 4 N–H and O–H groups in total.